The van der Waals surface area contributed by atoms with Crippen LogP contribution in [0.2, 0.25) is 4.34 Å². The van der Waals surface area contributed by atoms with Crippen LogP contribution in [0.3, 0.4) is 0 Å². The van der Waals surface area contributed by atoms with Crippen LogP contribution in [-0.2, 0) is 17.6 Å². The van der Waals surface area contributed by atoms with E-state index in [0.29, 0.717) is 47.6 Å². The maximum atomic E-state index is 13.3. The first-order chi connectivity index (χ1) is 30.5. The van der Waals surface area contributed by atoms with Crippen molar-refractivity contribution in [3.8, 4) is 22.5 Å². The third kappa shape index (κ3) is 8.42. The fraction of sp³-hybridized carbons (Fsp3) is 0.295. The number of aliphatic hydroxyl groups excluding tert-OH is 1. The predicted octanol–water partition coefficient (Wildman–Crippen LogP) is 8.65. The van der Waals surface area contributed by atoms with Gasteiger partial charge in [0.1, 0.15) is 33.3 Å². The van der Waals surface area contributed by atoms with Crippen LogP contribution in [-0.4, -0.2) is 96.4 Å². The summed E-state index contributed by atoms with van der Waals surface area (Å²) >= 11 is 9.36. The number of ketones is 1. The molecule has 2 saturated heterocycles. The highest BCUT2D eigenvalue weighted by Gasteiger charge is 2.27. The molecule has 8 heterocycles. The second-order valence-corrected chi connectivity index (χ2v) is 17.7. The fourth-order valence-electron chi connectivity index (χ4n) is 7.75. The number of nitrogens with zero attached hydrogens (tertiary/aromatic N) is 12. The first-order valence-corrected chi connectivity index (χ1v) is 22.6. The van der Waals surface area contributed by atoms with Gasteiger partial charge in [0.15, 0.2) is 39.0 Å². The number of aromatic nitrogens is 8. The Balaban J connectivity index is 0.000000160. The number of hydrogen-bond acceptors (Lipinski definition) is 14. The van der Waals surface area contributed by atoms with Crippen molar-refractivity contribution < 1.29 is 18.7 Å². The molecule has 0 saturated carbocycles. The van der Waals surface area contributed by atoms with Crippen molar-refractivity contribution in [2.24, 2.45) is 0 Å². The largest absolute Gasteiger partial charge is 0.391 e. The van der Waals surface area contributed by atoms with Crippen molar-refractivity contribution in [2.45, 2.75) is 45.6 Å². The van der Waals surface area contributed by atoms with E-state index in [1.165, 1.54) is 46.9 Å². The Hall–Kier alpha value is -6.08. The molecule has 19 heteroatoms. The van der Waals surface area contributed by atoms with E-state index in [9.17, 15) is 18.7 Å². The Bertz CT molecular complexity index is 2940. The molecule has 0 amide bonds. The molecule has 324 valence electrons. The van der Waals surface area contributed by atoms with Crippen LogP contribution < -0.4 is 19.6 Å². The summed E-state index contributed by atoms with van der Waals surface area (Å²) in [5, 5.41) is 23.0. The van der Waals surface area contributed by atoms with E-state index < -0.39 is 0 Å². The quantitative estimate of drug-likeness (QED) is 0.141. The average Bonchev–Trinajstić information content (AvgIpc) is 4.16. The highest BCUT2D eigenvalue weighted by atomic mass is 35.5. The molecule has 1 unspecified atom stereocenters. The van der Waals surface area contributed by atoms with Crippen molar-refractivity contribution in [1.82, 2.24) is 39.2 Å². The van der Waals surface area contributed by atoms with E-state index in [4.69, 9.17) is 41.7 Å². The minimum absolute atomic E-state index is 0.217. The molecule has 2 aliphatic heterocycles. The van der Waals surface area contributed by atoms with E-state index in [0.717, 1.165) is 87.3 Å². The molecule has 0 bridgehead atoms. The number of hydrogen-bond donors (Lipinski definition) is 1. The summed E-state index contributed by atoms with van der Waals surface area (Å²) in [6.07, 6.45) is 2.46. The van der Waals surface area contributed by atoms with Gasteiger partial charge in [0.25, 0.3) is 0 Å². The standard InChI is InChI=1S/C22H20ClFN6OS.C22H23FN6OS/c1-3-16-21(30-17(25-16)8-9-18(27-30)29-11-10-15(31)12-29)28(2)22-26-19(20(23)32-22)13-4-6-14(24)7-5-13;1-3-17-21(27(2)22-25-18(13-31-22)14-4-6-15(23)7-5-14)29-19(24-17)8-9-20(26-29)28-11-10-16(30)12-28/h4-9H,3,10-12H2,1-2H3;4-9,13,16,30H,3,10-12H2,1-2H3. The number of imidazole rings is 2. The highest BCUT2D eigenvalue weighted by Crippen LogP contribution is 2.40. The molecule has 1 atom stereocenters. The molecule has 1 N–H and O–H groups in total. The molecular formula is C44H43ClF2N12O2S2. The lowest BCUT2D eigenvalue weighted by Gasteiger charge is -2.19. The zero-order chi connectivity index (χ0) is 43.9. The van der Waals surface area contributed by atoms with Gasteiger partial charge in [-0.25, -0.2) is 28.7 Å². The summed E-state index contributed by atoms with van der Waals surface area (Å²) in [6.45, 7) is 6.53. The summed E-state index contributed by atoms with van der Waals surface area (Å²) in [5.41, 5.74) is 6.35. The van der Waals surface area contributed by atoms with Crippen molar-refractivity contribution in [3.63, 3.8) is 0 Å². The molecule has 6 aromatic heterocycles. The average molecular weight is 909 g/mol. The number of β-amino-alcohol motifs (C(OH)–C–C–N with tert-alkyl or cyclic N) is 1. The molecule has 14 nitrogen and oxygen atoms in total. The van der Waals surface area contributed by atoms with Gasteiger partial charge in [0, 0.05) is 56.7 Å². The lowest BCUT2D eigenvalue weighted by molar-refractivity contribution is -0.116. The number of aryl methyl sites for hydroxylation is 2. The topological polar surface area (TPSA) is 136 Å². The first-order valence-electron chi connectivity index (χ1n) is 20.6. The fourth-order valence-corrected chi connectivity index (χ4v) is 9.69. The van der Waals surface area contributed by atoms with Crippen LogP contribution in [0, 0.1) is 11.6 Å². The summed E-state index contributed by atoms with van der Waals surface area (Å²) in [7, 11) is 3.86. The Labute approximate surface area is 374 Å². The second-order valence-electron chi connectivity index (χ2n) is 15.3. The lowest BCUT2D eigenvalue weighted by Crippen LogP contribution is -2.23. The number of carbonyl (C=O) groups excluding carboxylic acids is 1. The maximum Gasteiger partial charge on any atom is 0.192 e. The van der Waals surface area contributed by atoms with Crippen LogP contribution in [0.1, 0.15) is 38.1 Å². The number of halogens is 3. The predicted molar refractivity (Wildman–Crippen MR) is 246 cm³/mol. The third-order valence-electron chi connectivity index (χ3n) is 11.1. The van der Waals surface area contributed by atoms with E-state index in [-0.39, 0.29) is 23.5 Å². The van der Waals surface area contributed by atoms with Gasteiger partial charge in [0.2, 0.25) is 0 Å². The number of Topliss-reactive ketones (excluding diaryl/α,β-unsaturated/α-hetero) is 1. The number of fused-ring (bicyclic) bond motifs is 2. The highest BCUT2D eigenvalue weighted by molar-refractivity contribution is 7.20. The van der Waals surface area contributed by atoms with Gasteiger partial charge in [0.05, 0.1) is 29.7 Å². The maximum absolute atomic E-state index is 13.3. The van der Waals surface area contributed by atoms with E-state index >= 15 is 0 Å². The molecule has 10 rings (SSSR count). The zero-order valence-corrected chi connectivity index (χ0v) is 37.3. The van der Waals surface area contributed by atoms with Crippen molar-refractivity contribution in [2.75, 3.05) is 59.9 Å². The molecule has 0 radical (unpaired) electrons. The second kappa shape index (κ2) is 17.6. The van der Waals surface area contributed by atoms with Crippen LogP contribution in [0.15, 0.2) is 78.2 Å². The van der Waals surface area contributed by atoms with Crippen LogP contribution >= 0.6 is 34.3 Å². The van der Waals surface area contributed by atoms with Gasteiger partial charge in [-0.3, -0.25) is 4.79 Å². The van der Waals surface area contributed by atoms with E-state index in [1.807, 2.05) is 69.9 Å². The Morgan fingerprint density at radius 3 is 1.86 bits per heavy atom. The Morgan fingerprint density at radius 2 is 1.32 bits per heavy atom. The Kier molecular flexibility index (Phi) is 11.8. The minimum atomic E-state index is -0.311. The van der Waals surface area contributed by atoms with Gasteiger partial charge in [-0.05, 0) is 92.1 Å². The van der Waals surface area contributed by atoms with E-state index in [1.54, 1.807) is 28.8 Å². The third-order valence-corrected chi connectivity index (χ3v) is 13.3. The normalized spacial score (nSPS) is 15.2. The molecular weight excluding hydrogens is 866 g/mol. The molecule has 2 aromatic carbocycles. The van der Waals surface area contributed by atoms with Gasteiger partial charge in [-0.15, -0.1) is 21.5 Å². The van der Waals surface area contributed by atoms with Gasteiger partial charge < -0.3 is 24.7 Å². The van der Waals surface area contributed by atoms with Crippen molar-refractivity contribution in [1.29, 1.82) is 0 Å². The van der Waals surface area contributed by atoms with Gasteiger partial charge in [-0.2, -0.15) is 9.03 Å². The summed E-state index contributed by atoms with van der Waals surface area (Å²) in [6, 6.07) is 20.2. The zero-order valence-electron chi connectivity index (χ0n) is 34.9. The first kappa shape index (κ1) is 42.2. The van der Waals surface area contributed by atoms with Gasteiger partial charge >= 0.3 is 0 Å². The summed E-state index contributed by atoms with van der Waals surface area (Å²) < 4.78 is 30.8. The minimum Gasteiger partial charge on any atom is -0.391 e. The van der Waals surface area contributed by atoms with Crippen molar-refractivity contribution in [3.05, 3.63) is 106 Å². The number of thiazole rings is 2. The summed E-state index contributed by atoms with van der Waals surface area (Å²) in [5.74, 6) is 2.88. The van der Waals surface area contributed by atoms with Crippen LogP contribution in [0.5, 0.6) is 0 Å². The number of benzene rings is 2. The number of aliphatic hydroxyl groups is 1. The SMILES string of the molecule is CCc1nc2ccc(N3CCC(=O)C3)nn2c1N(C)c1nc(-c2ccc(F)cc2)c(Cl)s1.CCc1nc2ccc(N3CCC(O)C3)nn2c1N(C)c1nc(-c2ccc(F)cc2)cs1. The monoisotopic (exact) mass is 908 g/mol. The molecule has 2 fully saturated rings. The van der Waals surface area contributed by atoms with Gasteiger partial charge in [-0.1, -0.05) is 36.8 Å². The number of anilines is 6. The molecule has 0 aliphatic carbocycles. The van der Waals surface area contributed by atoms with Crippen LogP contribution in [0.25, 0.3) is 33.8 Å². The van der Waals surface area contributed by atoms with E-state index in [2.05, 4.69) is 11.8 Å². The molecule has 2 aliphatic rings. The number of rotatable bonds is 10. The molecule has 63 heavy (non-hydrogen) atoms. The van der Waals surface area contributed by atoms with Crippen molar-refractivity contribution >= 4 is 84.9 Å². The lowest BCUT2D eigenvalue weighted by atomic mass is 10.2. The molecule has 8 aromatic rings. The summed E-state index contributed by atoms with van der Waals surface area (Å²) in [4.78, 5) is 38.7. The molecule has 0 spiro atoms. The van der Waals surface area contributed by atoms with Crippen LogP contribution in [0.4, 0.5) is 42.3 Å². The number of carbonyl (C=O) groups is 1. The smallest absolute Gasteiger partial charge is 0.192 e. The Morgan fingerprint density at radius 1 is 0.746 bits per heavy atom.